The van der Waals surface area contributed by atoms with Crippen LogP contribution in [0.3, 0.4) is 0 Å². The Hall–Kier alpha value is -0.0800. The number of nitrogens with zero attached hydrogens (tertiary/aromatic N) is 1. The lowest BCUT2D eigenvalue weighted by Gasteiger charge is -2.44. The monoisotopic (exact) mass is 266 g/mol. The maximum atomic E-state index is 3.45. The van der Waals surface area contributed by atoms with Crippen molar-refractivity contribution in [3.63, 3.8) is 0 Å². The van der Waals surface area contributed by atoms with Gasteiger partial charge in [-0.05, 0) is 56.7 Å². The van der Waals surface area contributed by atoms with E-state index in [-0.39, 0.29) is 0 Å². The highest BCUT2D eigenvalue weighted by Crippen LogP contribution is 2.42. The lowest BCUT2D eigenvalue weighted by atomic mass is 9.73. The molecular weight excluding hydrogens is 232 g/mol. The van der Waals surface area contributed by atoms with Crippen LogP contribution < -0.4 is 5.32 Å². The van der Waals surface area contributed by atoms with Crippen LogP contribution in [0.5, 0.6) is 0 Å². The van der Waals surface area contributed by atoms with Gasteiger partial charge >= 0.3 is 0 Å². The van der Waals surface area contributed by atoms with Crippen molar-refractivity contribution in [2.45, 2.75) is 65.2 Å². The highest BCUT2D eigenvalue weighted by molar-refractivity contribution is 4.92. The number of rotatable bonds is 6. The van der Waals surface area contributed by atoms with Crippen molar-refractivity contribution in [2.75, 3.05) is 33.2 Å². The van der Waals surface area contributed by atoms with Crippen LogP contribution in [0.15, 0.2) is 0 Å². The standard InChI is InChI=1S/C17H34N2/c1-4-16(5-2)10-12-19(13-11-16)15-17(14-18-3)8-6-7-9-17/h18H,4-15H2,1-3H3. The average Bonchev–Trinajstić information content (AvgIpc) is 2.89. The molecule has 1 saturated heterocycles. The van der Waals surface area contributed by atoms with Crippen LogP contribution in [-0.4, -0.2) is 38.1 Å². The van der Waals surface area contributed by atoms with Gasteiger partial charge in [-0.15, -0.1) is 0 Å². The van der Waals surface area contributed by atoms with Crippen LogP contribution >= 0.6 is 0 Å². The van der Waals surface area contributed by atoms with E-state index in [2.05, 4.69) is 31.1 Å². The van der Waals surface area contributed by atoms with Crippen molar-refractivity contribution in [1.29, 1.82) is 0 Å². The molecule has 0 atom stereocenters. The molecule has 1 aliphatic carbocycles. The third kappa shape index (κ3) is 3.52. The van der Waals surface area contributed by atoms with Gasteiger partial charge in [0, 0.05) is 13.1 Å². The second-order valence-corrected chi connectivity index (χ2v) is 7.22. The summed E-state index contributed by atoms with van der Waals surface area (Å²) in [7, 11) is 2.12. The Balaban J connectivity index is 1.87. The van der Waals surface area contributed by atoms with E-state index in [4.69, 9.17) is 0 Å². The fourth-order valence-corrected chi connectivity index (χ4v) is 4.51. The fourth-order valence-electron chi connectivity index (χ4n) is 4.51. The summed E-state index contributed by atoms with van der Waals surface area (Å²) in [6.45, 7) is 10.0. The molecule has 112 valence electrons. The number of likely N-dealkylation sites (tertiary alicyclic amines) is 1. The Kier molecular flexibility index (Phi) is 5.30. The quantitative estimate of drug-likeness (QED) is 0.789. The maximum Gasteiger partial charge on any atom is 0.00501 e. The van der Waals surface area contributed by atoms with Gasteiger partial charge in [0.15, 0.2) is 0 Å². The van der Waals surface area contributed by atoms with Gasteiger partial charge in [0.1, 0.15) is 0 Å². The predicted octanol–water partition coefficient (Wildman–Crippen LogP) is 3.67. The highest BCUT2D eigenvalue weighted by atomic mass is 15.1. The number of piperidine rings is 1. The van der Waals surface area contributed by atoms with Crippen molar-refractivity contribution in [3.05, 3.63) is 0 Å². The summed E-state index contributed by atoms with van der Waals surface area (Å²) >= 11 is 0. The van der Waals surface area contributed by atoms with Crippen LogP contribution in [0.1, 0.15) is 65.2 Å². The van der Waals surface area contributed by atoms with Gasteiger partial charge in [0.25, 0.3) is 0 Å². The van der Waals surface area contributed by atoms with Crippen molar-refractivity contribution < 1.29 is 0 Å². The van der Waals surface area contributed by atoms with Crippen LogP contribution in [0.2, 0.25) is 0 Å². The molecule has 1 aliphatic heterocycles. The summed E-state index contributed by atoms with van der Waals surface area (Å²) < 4.78 is 0. The summed E-state index contributed by atoms with van der Waals surface area (Å²) in [6, 6.07) is 0. The molecule has 0 amide bonds. The Morgan fingerprint density at radius 1 is 0.895 bits per heavy atom. The minimum atomic E-state index is 0.590. The second kappa shape index (κ2) is 6.58. The van der Waals surface area contributed by atoms with Crippen molar-refractivity contribution in [1.82, 2.24) is 10.2 Å². The molecule has 2 rings (SSSR count). The molecule has 0 aromatic rings. The van der Waals surface area contributed by atoms with E-state index < -0.39 is 0 Å². The normalized spacial score (nSPS) is 26.7. The molecule has 19 heavy (non-hydrogen) atoms. The van der Waals surface area contributed by atoms with E-state index in [1.165, 1.54) is 77.5 Å². The summed E-state index contributed by atoms with van der Waals surface area (Å²) in [6.07, 6.45) is 11.4. The molecule has 2 nitrogen and oxygen atoms in total. The number of nitrogens with one attached hydrogen (secondary N) is 1. The Morgan fingerprint density at radius 2 is 1.47 bits per heavy atom. The largest absolute Gasteiger partial charge is 0.319 e. The van der Waals surface area contributed by atoms with E-state index in [0.717, 1.165) is 0 Å². The zero-order valence-electron chi connectivity index (χ0n) is 13.4. The van der Waals surface area contributed by atoms with Gasteiger partial charge in [-0.1, -0.05) is 39.5 Å². The molecule has 0 aromatic heterocycles. The van der Waals surface area contributed by atoms with Crippen LogP contribution in [0, 0.1) is 10.8 Å². The summed E-state index contributed by atoms with van der Waals surface area (Å²) in [5, 5.41) is 3.45. The Labute approximate surface area is 120 Å². The average molecular weight is 266 g/mol. The smallest absolute Gasteiger partial charge is 0.00501 e. The molecular formula is C17H34N2. The first-order chi connectivity index (χ1) is 9.17. The molecule has 0 bridgehead atoms. The van der Waals surface area contributed by atoms with Gasteiger partial charge in [0.05, 0.1) is 0 Å². The van der Waals surface area contributed by atoms with Crippen LogP contribution in [0.25, 0.3) is 0 Å². The molecule has 2 heteroatoms. The molecule has 0 radical (unpaired) electrons. The molecule has 1 heterocycles. The maximum absolute atomic E-state index is 3.45. The summed E-state index contributed by atoms with van der Waals surface area (Å²) in [4.78, 5) is 2.77. The number of hydrogen-bond donors (Lipinski definition) is 1. The zero-order valence-corrected chi connectivity index (χ0v) is 13.4. The molecule has 1 N–H and O–H groups in total. The lowest BCUT2D eigenvalue weighted by Crippen LogP contribution is -2.47. The van der Waals surface area contributed by atoms with Crippen LogP contribution in [-0.2, 0) is 0 Å². The minimum Gasteiger partial charge on any atom is -0.319 e. The first kappa shape index (κ1) is 15.3. The zero-order chi connectivity index (χ0) is 13.8. The molecule has 0 unspecified atom stereocenters. The summed E-state index contributed by atoms with van der Waals surface area (Å²) in [5.74, 6) is 0. The van der Waals surface area contributed by atoms with Gasteiger partial charge in [-0.3, -0.25) is 0 Å². The van der Waals surface area contributed by atoms with Crippen molar-refractivity contribution >= 4 is 0 Å². The predicted molar refractivity (Wildman–Crippen MR) is 83.5 cm³/mol. The molecule has 0 aromatic carbocycles. The van der Waals surface area contributed by atoms with Crippen LogP contribution in [0.4, 0.5) is 0 Å². The van der Waals surface area contributed by atoms with Gasteiger partial charge in [0.2, 0.25) is 0 Å². The number of hydrogen-bond acceptors (Lipinski definition) is 2. The van der Waals surface area contributed by atoms with Gasteiger partial charge in [-0.25, -0.2) is 0 Å². The Bertz CT molecular complexity index is 254. The van der Waals surface area contributed by atoms with Gasteiger partial charge < -0.3 is 10.2 Å². The summed E-state index contributed by atoms with van der Waals surface area (Å²) in [5.41, 5.74) is 1.26. The molecule has 1 saturated carbocycles. The molecule has 2 aliphatic rings. The minimum absolute atomic E-state index is 0.590. The van der Waals surface area contributed by atoms with E-state index in [1.807, 2.05) is 0 Å². The third-order valence-electron chi connectivity index (χ3n) is 6.19. The molecule has 2 fully saturated rings. The van der Waals surface area contributed by atoms with E-state index in [0.29, 0.717) is 10.8 Å². The van der Waals surface area contributed by atoms with Gasteiger partial charge in [-0.2, -0.15) is 0 Å². The van der Waals surface area contributed by atoms with E-state index >= 15 is 0 Å². The SMILES string of the molecule is CCC1(CC)CCN(CC2(CNC)CCCC2)CC1. The van der Waals surface area contributed by atoms with E-state index in [1.54, 1.807) is 0 Å². The first-order valence-electron chi connectivity index (χ1n) is 8.54. The van der Waals surface area contributed by atoms with Crippen molar-refractivity contribution in [2.24, 2.45) is 10.8 Å². The second-order valence-electron chi connectivity index (χ2n) is 7.22. The first-order valence-corrected chi connectivity index (χ1v) is 8.54. The topological polar surface area (TPSA) is 15.3 Å². The molecule has 0 spiro atoms. The highest BCUT2D eigenvalue weighted by Gasteiger charge is 2.37. The lowest BCUT2D eigenvalue weighted by molar-refractivity contribution is 0.0612. The van der Waals surface area contributed by atoms with E-state index in [9.17, 15) is 0 Å². The fraction of sp³-hybridized carbons (Fsp3) is 1.00. The van der Waals surface area contributed by atoms with Crippen molar-refractivity contribution in [3.8, 4) is 0 Å². The Morgan fingerprint density at radius 3 is 1.95 bits per heavy atom. The third-order valence-corrected chi connectivity index (χ3v) is 6.19.